The number of benzene rings is 1. The number of carbonyl (C=O) groups excluding carboxylic acids is 1. The van der Waals surface area contributed by atoms with Crippen LogP contribution in [0.25, 0.3) is 11.4 Å². The molecule has 1 aliphatic heterocycles. The van der Waals surface area contributed by atoms with Crippen molar-refractivity contribution in [1.29, 1.82) is 0 Å². The molecule has 0 bridgehead atoms. The minimum absolute atomic E-state index is 0.133. The lowest BCUT2D eigenvalue weighted by Crippen LogP contribution is -2.49. The van der Waals surface area contributed by atoms with Gasteiger partial charge >= 0.3 is 0 Å². The fraction of sp³-hybridized carbons (Fsp3) is 0.478. The molecule has 0 N–H and O–H groups in total. The van der Waals surface area contributed by atoms with Crippen LogP contribution >= 0.6 is 11.8 Å². The Morgan fingerprint density at radius 3 is 2.45 bits per heavy atom. The highest BCUT2D eigenvalue weighted by Crippen LogP contribution is 2.30. The Morgan fingerprint density at radius 1 is 1.03 bits per heavy atom. The predicted molar refractivity (Wildman–Crippen MR) is 130 cm³/mol. The van der Waals surface area contributed by atoms with Crippen molar-refractivity contribution in [2.45, 2.75) is 39.0 Å². The molecule has 176 valence electrons. The van der Waals surface area contributed by atoms with E-state index in [0.717, 1.165) is 43.4 Å². The standard InChI is InChI=1S/C23H31N7O2S/c1-4-29-16-19(22(26-29)32-6-3)21-24-25-23(30(21)5-2)33-17-20(31)28-14-12-27(13-15-28)18-10-8-7-9-11-18/h7-11,16H,4-6,12-15,17H2,1-3H3. The first kappa shape index (κ1) is 23.2. The summed E-state index contributed by atoms with van der Waals surface area (Å²) in [5.41, 5.74) is 2.03. The van der Waals surface area contributed by atoms with E-state index >= 15 is 0 Å². The SMILES string of the molecule is CCOc1nn(CC)cc1-c1nnc(SCC(=O)N2CCN(c3ccccc3)CC2)n1CC. The number of hydrogen-bond acceptors (Lipinski definition) is 7. The molecule has 0 atom stereocenters. The topological polar surface area (TPSA) is 81.3 Å². The van der Waals surface area contributed by atoms with Crippen molar-refractivity contribution in [3.63, 3.8) is 0 Å². The number of nitrogens with zero attached hydrogens (tertiary/aromatic N) is 7. The first-order chi connectivity index (χ1) is 16.1. The highest BCUT2D eigenvalue weighted by Gasteiger charge is 2.24. The molecule has 1 fully saturated rings. The van der Waals surface area contributed by atoms with Crippen molar-refractivity contribution < 1.29 is 9.53 Å². The molecule has 3 aromatic rings. The molecule has 1 aromatic carbocycles. The molecule has 0 radical (unpaired) electrons. The van der Waals surface area contributed by atoms with E-state index < -0.39 is 0 Å². The van der Waals surface area contributed by atoms with Crippen molar-refractivity contribution in [1.82, 2.24) is 29.4 Å². The van der Waals surface area contributed by atoms with Crippen LogP contribution in [0.1, 0.15) is 20.8 Å². The lowest BCUT2D eigenvalue weighted by Gasteiger charge is -2.36. The van der Waals surface area contributed by atoms with Crippen LogP contribution in [0.5, 0.6) is 5.88 Å². The van der Waals surface area contributed by atoms with Gasteiger partial charge in [-0.1, -0.05) is 30.0 Å². The Bertz CT molecular complexity index is 1060. The Morgan fingerprint density at radius 2 is 1.79 bits per heavy atom. The summed E-state index contributed by atoms with van der Waals surface area (Å²) in [5, 5.41) is 14.0. The van der Waals surface area contributed by atoms with Gasteiger partial charge in [0.25, 0.3) is 0 Å². The number of amides is 1. The van der Waals surface area contributed by atoms with E-state index in [1.165, 1.54) is 17.4 Å². The maximum atomic E-state index is 12.9. The number of carbonyl (C=O) groups is 1. The van der Waals surface area contributed by atoms with Gasteiger partial charge in [-0.05, 0) is 32.9 Å². The number of para-hydroxylation sites is 1. The number of aromatic nitrogens is 5. The number of hydrogen-bond donors (Lipinski definition) is 0. The molecule has 0 unspecified atom stereocenters. The fourth-order valence-corrected chi connectivity index (χ4v) is 4.82. The van der Waals surface area contributed by atoms with E-state index in [1.54, 1.807) is 0 Å². The van der Waals surface area contributed by atoms with Gasteiger partial charge in [0.05, 0.1) is 12.4 Å². The summed E-state index contributed by atoms with van der Waals surface area (Å²) < 4.78 is 9.57. The van der Waals surface area contributed by atoms with Gasteiger partial charge in [-0.2, -0.15) is 0 Å². The summed E-state index contributed by atoms with van der Waals surface area (Å²) in [7, 11) is 0. The van der Waals surface area contributed by atoms with Crippen LogP contribution in [-0.2, 0) is 17.9 Å². The Labute approximate surface area is 198 Å². The third kappa shape index (κ3) is 5.16. The molecular formula is C23H31N7O2S. The van der Waals surface area contributed by atoms with Gasteiger partial charge in [-0.25, -0.2) is 0 Å². The molecule has 1 amide bonds. The van der Waals surface area contributed by atoms with Crippen molar-refractivity contribution in [3.8, 4) is 17.3 Å². The second-order valence-corrected chi connectivity index (χ2v) is 8.62. The molecule has 33 heavy (non-hydrogen) atoms. The number of anilines is 1. The largest absolute Gasteiger partial charge is 0.476 e. The first-order valence-electron chi connectivity index (χ1n) is 11.5. The number of thioether (sulfide) groups is 1. The van der Waals surface area contributed by atoms with Crippen molar-refractivity contribution >= 4 is 23.4 Å². The van der Waals surface area contributed by atoms with Gasteiger partial charge in [-0.3, -0.25) is 9.48 Å². The summed E-state index contributed by atoms with van der Waals surface area (Å²) in [6.07, 6.45) is 1.94. The summed E-state index contributed by atoms with van der Waals surface area (Å²) in [6.45, 7) is 11.1. The van der Waals surface area contributed by atoms with Crippen LogP contribution in [0.15, 0.2) is 41.7 Å². The van der Waals surface area contributed by atoms with Crippen molar-refractivity contribution in [2.24, 2.45) is 0 Å². The average Bonchev–Trinajstić information content (AvgIpc) is 3.46. The third-order valence-corrected chi connectivity index (χ3v) is 6.64. The fourth-order valence-electron chi connectivity index (χ4n) is 3.91. The summed E-state index contributed by atoms with van der Waals surface area (Å²) in [6, 6.07) is 10.3. The Balaban J connectivity index is 1.39. The number of rotatable bonds is 9. The van der Waals surface area contributed by atoms with Gasteiger partial charge in [-0.15, -0.1) is 15.3 Å². The number of piperazine rings is 1. The van der Waals surface area contributed by atoms with E-state index in [-0.39, 0.29) is 5.91 Å². The van der Waals surface area contributed by atoms with Gasteiger partial charge in [0.15, 0.2) is 11.0 Å². The molecule has 0 spiro atoms. The van der Waals surface area contributed by atoms with E-state index in [9.17, 15) is 4.79 Å². The molecule has 3 heterocycles. The van der Waals surface area contributed by atoms with Crippen LogP contribution < -0.4 is 9.64 Å². The molecule has 0 saturated carbocycles. The minimum Gasteiger partial charge on any atom is -0.476 e. The number of ether oxygens (including phenoxy) is 1. The molecule has 1 saturated heterocycles. The molecule has 10 heteroatoms. The van der Waals surface area contributed by atoms with Crippen LogP contribution in [0.3, 0.4) is 0 Å². The zero-order valence-electron chi connectivity index (χ0n) is 19.5. The van der Waals surface area contributed by atoms with Crippen molar-refractivity contribution in [2.75, 3.05) is 43.4 Å². The van der Waals surface area contributed by atoms with E-state index in [0.29, 0.717) is 30.6 Å². The van der Waals surface area contributed by atoms with Gasteiger partial charge in [0.2, 0.25) is 11.8 Å². The highest BCUT2D eigenvalue weighted by molar-refractivity contribution is 7.99. The van der Waals surface area contributed by atoms with Crippen molar-refractivity contribution in [3.05, 3.63) is 36.5 Å². The minimum atomic E-state index is 0.133. The lowest BCUT2D eigenvalue weighted by molar-refractivity contribution is -0.128. The molecule has 9 nitrogen and oxygen atoms in total. The second kappa shape index (κ2) is 10.7. The summed E-state index contributed by atoms with van der Waals surface area (Å²) in [4.78, 5) is 17.1. The maximum Gasteiger partial charge on any atom is 0.243 e. The average molecular weight is 470 g/mol. The molecule has 0 aliphatic carbocycles. The number of aryl methyl sites for hydroxylation is 1. The van der Waals surface area contributed by atoms with Gasteiger partial charge in [0, 0.05) is 51.2 Å². The summed E-state index contributed by atoms with van der Waals surface area (Å²) in [5.74, 6) is 1.75. The zero-order chi connectivity index (χ0) is 23.2. The van der Waals surface area contributed by atoms with Crippen LogP contribution in [0.4, 0.5) is 5.69 Å². The second-order valence-electron chi connectivity index (χ2n) is 7.68. The first-order valence-corrected chi connectivity index (χ1v) is 12.5. The normalized spacial score (nSPS) is 14.0. The smallest absolute Gasteiger partial charge is 0.243 e. The summed E-state index contributed by atoms with van der Waals surface area (Å²) >= 11 is 1.43. The Hall–Kier alpha value is -3.01. The highest BCUT2D eigenvalue weighted by atomic mass is 32.2. The van der Waals surface area contributed by atoms with E-state index in [1.807, 2.05) is 59.3 Å². The Kier molecular flexibility index (Phi) is 7.54. The third-order valence-electron chi connectivity index (χ3n) is 5.69. The van der Waals surface area contributed by atoms with E-state index in [2.05, 4.69) is 32.3 Å². The van der Waals surface area contributed by atoms with Crippen LogP contribution in [0, 0.1) is 0 Å². The lowest BCUT2D eigenvalue weighted by atomic mass is 10.2. The predicted octanol–water partition coefficient (Wildman–Crippen LogP) is 3.02. The monoisotopic (exact) mass is 469 g/mol. The molecule has 4 rings (SSSR count). The van der Waals surface area contributed by atoms with Crippen LogP contribution in [0.2, 0.25) is 0 Å². The molecule has 1 aliphatic rings. The maximum absolute atomic E-state index is 12.9. The van der Waals surface area contributed by atoms with Gasteiger partial charge in [0.1, 0.15) is 5.56 Å². The molecule has 2 aromatic heterocycles. The van der Waals surface area contributed by atoms with Gasteiger partial charge < -0.3 is 19.1 Å². The molecular weight excluding hydrogens is 438 g/mol. The van der Waals surface area contributed by atoms with Crippen LogP contribution in [-0.4, -0.2) is 73.9 Å². The quantitative estimate of drug-likeness (QED) is 0.446. The van der Waals surface area contributed by atoms with E-state index in [4.69, 9.17) is 4.74 Å². The zero-order valence-corrected chi connectivity index (χ0v) is 20.3.